The second-order valence-electron chi connectivity index (χ2n) is 6.64. The molecule has 0 aliphatic carbocycles. The van der Waals surface area contributed by atoms with Crippen LogP contribution in [0.1, 0.15) is 48.5 Å². The van der Waals surface area contributed by atoms with Gasteiger partial charge in [-0.3, -0.25) is 4.98 Å². The zero-order valence-corrected chi connectivity index (χ0v) is 13.1. The molecule has 21 heavy (non-hydrogen) atoms. The van der Waals surface area contributed by atoms with Crippen LogP contribution in [-0.4, -0.2) is 30.4 Å². The molecule has 0 amide bonds. The molecule has 2 saturated heterocycles. The Balaban J connectivity index is 1.76. The van der Waals surface area contributed by atoms with Crippen LogP contribution in [0.5, 0.6) is 0 Å². The number of hydrogen-bond acceptors (Lipinski definition) is 4. The smallest absolute Gasteiger partial charge is 0.0729 e. The predicted molar refractivity (Wildman–Crippen MR) is 82.1 cm³/mol. The minimum Gasteiger partial charge on any atom is -0.381 e. The molecule has 0 aromatic carbocycles. The first-order valence-electron chi connectivity index (χ1n) is 8.00. The molecule has 0 radical (unpaired) electrons. The van der Waals surface area contributed by atoms with Gasteiger partial charge >= 0.3 is 0 Å². The lowest BCUT2D eigenvalue weighted by Gasteiger charge is -2.44. The van der Waals surface area contributed by atoms with Gasteiger partial charge < -0.3 is 15.2 Å². The fourth-order valence-electron chi connectivity index (χ4n) is 3.76. The summed E-state index contributed by atoms with van der Waals surface area (Å²) in [4.78, 5) is 4.60. The predicted octanol–water partition coefficient (Wildman–Crippen LogP) is 2.67. The van der Waals surface area contributed by atoms with E-state index in [-0.39, 0.29) is 11.6 Å². The second-order valence-corrected chi connectivity index (χ2v) is 6.64. The molecule has 2 aliphatic rings. The lowest BCUT2D eigenvalue weighted by atomic mass is 9.77. The number of aromatic nitrogens is 1. The Hall–Kier alpha value is -0.970. The molecular weight excluding hydrogens is 264 g/mol. The minimum atomic E-state index is -0.00259. The van der Waals surface area contributed by atoms with Crippen molar-refractivity contribution in [3.05, 3.63) is 29.1 Å². The largest absolute Gasteiger partial charge is 0.381 e. The topological polar surface area (TPSA) is 57.4 Å². The van der Waals surface area contributed by atoms with Crippen LogP contribution >= 0.6 is 0 Å². The summed E-state index contributed by atoms with van der Waals surface area (Å²) in [7, 11) is 0. The summed E-state index contributed by atoms with van der Waals surface area (Å²) in [6.45, 7) is 6.61. The Morgan fingerprint density at radius 3 is 2.76 bits per heavy atom. The first kappa shape index (κ1) is 14.9. The third-order valence-corrected chi connectivity index (χ3v) is 5.01. The van der Waals surface area contributed by atoms with Gasteiger partial charge in [-0.05, 0) is 56.6 Å². The van der Waals surface area contributed by atoms with Crippen LogP contribution in [0.3, 0.4) is 0 Å². The summed E-state index contributed by atoms with van der Waals surface area (Å²) in [5.41, 5.74) is 10.0. The lowest BCUT2D eigenvalue weighted by Crippen LogP contribution is -2.46. The summed E-state index contributed by atoms with van der Waals surface area (Å²) in [6.07, 6.45) is 5.98. The Morgan fingerprint density at radius 2 is 2.05 bits per heavy atom. The van der Waals surface area contributed by atoms with E-state index in [0.29, 0.717) is 5.92 Å². The normalized spacial score (nSPS) is 26.7. The number of aryl methyl sites for hydroxylation is 2. The molecule has 2 fully saturated rings. The molecule has 4 nitrogen and oxygen atoms in total. The van der Waals surface area contributed by atoms with Crippen LogP contribution in [-0.2, 0) is 9.47 Å². The molecule has 2 atom stereocenters. The average Bonchev–Trinajstić information content (AvgIpc) is 2.47. The van der Waals surface area contributed by atoms with Crippen molar-refractivity contribution in [3.8, 4) is 0 Å². The van der Waals surface area contributed by atoms with Crippen LogP contribution in [0.15, 0.2) is 12.3 Å². The van der Waals surface area contributed by atoms with Gasteiger partial charge in [-0.25, -0.2) is 0 Å². The fraction of sp³-hybridized carbons (Fsp3) is 0.706. The molecule has 0 bridgehead atoms. The highest BCUT2D eigenvalue weighted by Gasteiger charge is 2.41. The molecule has 1 aromatic rings. The second kappa shape index (κ2) is 6.03. The van der Waals surface area contributed by atoms with Crippen molar-refractivity contribution >= 4 is 0 Å². The summed E-state index contributed by atoms with van der Waals surface area (Å²) in [5.74, 6) is 0.450. The van der Waals surface area contributed by atoms with Gasteiger partial charge in [-0.15, -0.1) is 0 Å². The molecule has 2 unspecified atom stereocenters. The Kier molecular flexibility index (Phi) is 4.29. The van der Waals surface area contributed by atoms with E-state index in [1.807, 2.05) is 6.20 Å². The first-order valence-corrected chi connectivity index (χ1v) is 8.00. The number of nitrogens with two attached hydrogens (primary N) is 1. The van der Waals surface area contributed by atoms with Gasteiger partial charge in [0, 0.05) is 26.0 Å². The number of rotatable bonds is 2. The zero-order chi connectivity index (χ0) is 14.9. The van der Waals surface area contributed by atoms with E-state index >= 15 is 0 Å². The van der Waals surface area contributed by atoms with E-state index in [2.05, 4.69) is 24.9 Å². The third-order valence-electron chi connectivity index (χ3n) is 5.01. The van der Waals surface area contributed by atoms with Gasteiger partial charge in [-0.1, -0.05) is 6.07 Å². The Morgan fingerprint density at radius 1 is 1.29 bits per heavy atom. The molecule has 3 rings (SSSR count). The lowest BCUT2D eigenvalue weighted by molar-refractivity contribution is -0.149. The molecule has 0 saturated carbocycles. The zero-order valence-electron chi connectivity index (χ0n) is 13.1. The monoisotopic (exact) mass is 290 g/mol. The maximum Gasteiger partial charge on any atom is 0.0729 e. The van der Waals surface area contributed by atoms with Crippen molar-refractivity contribution in [1.29, 1.82) is 0 Å². The Bertz CT molecular complexity index is 492. The van der Waals surface area contributed by atoms with Crippen LogP contribution in [0.2, 0.25) is 0 Å². The Labute approximate surface area is 127 Å². The molecule has 116 valence electrons. The van der Waals surface area contributed by atoms with Crippen molar-refractivity contribution in [1.82, 2.24) is 4.98 Å². The van der Waals surface area contributed by atoms with E-state index < -0.39 is 0 Å². The van der Waals surface area contributed by atoms with Crippen molar-refractivity contribution in [2.24, 2.45) is 11.7 Å². The van der Waals surface area contributed by atoms with Crippen LogP contribution in [0, 0.1) is 19.8 Å². The fourth-order valence-corrected chi connectivity index (χ4v) is 3.76. The molecular formula is C17H26N2O2. The molecule has 4 heteroatoms. The van der Waals surface area contributed by atoms with E-state index in [0.717, 1.165) is 51.2 Å². The van der Waals surface area contributed by atoms with Gasteiger partial charge in [0.25, 0.3) is 0 Å². The molecule has 1 aromatic heterocycles. The van der Waals surface area contributed by atoms with Gasteiger partial charge in [-0.2, -0.15) is 0 Å². The van der Waals surface area contributed by atoms with Gasteiger partial charge in [0.05, 0.1) is 17.3 Å². The number of nitrogens with zero attached hydrogens (tertiary/aromatic N) is 1. The molecule has 1 spiro atoms. The number of pyridine rings is 1. The van der Waals surface area contributed by atoms with Gasteiger partial charge in [0.15, 0.2) is 0 Å². The molecule has 2 aliphatic heterocycles. The van der Waals surface area contributed by atoms with Crippen LogP contribution in [0.25, 0.3) is 0 Å². The molecule has 3 heterocycles. The van der Waals surface area contributed by atoms with Gasteiger partial charge in [0.1, 0.15) is 0 Å². The van der Waals surface area contributed by atoms with Crippen molar-refractivity contribution in [3.63, 3.8) is 0 Å². The van der Waals surface area contributed by atoms with E-state index in [1.54, 1.807) is 0 Å². The quantitative estimate of drug-likeness (QED) is 0.910. The minimum absolute atomic E-state index is 0.00259. The highest BCUT2D eigenvalue weighted by molar-refractivity contribution is 5.26. The van der Waals surface area contributed by atoms with Crippen molar-refractivity contribution in [2.45, 2.75) is 51.2 Å². The summed E-state index contributed by atoms with van der Waals surface area (Å²) in [5, 5.41) is 0. The van der Waals surface area contributed by atoms with E-state index in [9.17, 15) is 0 Å². The number of hydrogen-bond donors (Lipinski definition) is 1. The average molecular weight is 290 g/mol. The maximum atomic E-state index is 6.56. The SMILES string of the molecule is Cc1cnc(C(N)C2CCOC3(CCOCC3)C2)c(C)c1. The standard InChI is InChI=1S/C17H26N2O2/c1-12-9-13(2)16(19-11-12)15(18)14-3-6-21-17(10-14)4-7-20-8-5-17/h9,11,14-15H,3-8,10,18H2,1-2H3. The van der Waals surface area contributed by atoms with Crippen molar-refractivity contribution < 1.29 is 9.47 Å². The van der Waals surface area contributed by atoms with E-state index in [1.165, 1.54) is 11.1 Å². The third kappa shape index (κ3) is 3.12. The summed E-state index contributed by atoms with van der Waals surface area (Å²) in [6, 6.07) is 2.18. The van der Waals surface area contributed by atoms with E-state index in [4.69, 9.17) is 15.2 Å². The van der Waals surface area contributed by atoms with Crippen LogP contribution in [0.4, 0.5) is 0 Å². The van der Waals surface area contributed by atoms with Crippen molar-refractivity contribution in [2.75, 3.05) is 19.8 Å². The number of ether oxygens (including phenoxy) is 2. The highest BCUT2D eigenvalue weighted by Crippen LogP contribution is 2.41. The highest BCUT2D eigenvalue weighted by atomic mass is 16.5. The summed E-state index contributed by atoms with van der Waals surface area (Å²) < 4.78 is 11.6. The maximum absolute atomic E-state index is 6.56. The molecule has 2 N–H and O–H groups in total. The van der Waals surface area contributed by atoms with Gasteiger partial charge in [0.2, 0.25) is 0 Å². The first-order chi connectivity index (χ1) is 10.1. The summed E-state index contributed by atoms with van der Waals surface area (Å²) >= 11 is 0. The van der Waals surface area contributed by atoms with Crippen LogP contribution < -0.4 is 5.73 Å².